The minimum absolute atomic E-state index is 0.0391. The lowest BCUT2D eigenvalue weighted by Gasteiger charge is -2.34. The average Bonchev–Trinajstić information content (AvgIpc) is 3.26. The van der Waals surface area contributed by atoms with Gasteiger partial charge < -0.3 is 19.0 Å². The fourth-order valence-electron chi connectivity index (χ4n) is 4.28. The molecular formula is C27H26N2O5S. The molecule has 35 heavy (non-hydrogen) atoms. The van der Waals surface area contributed by atoms with Gasteiger partial charge in [-0.25, -0.2) is 4.79 Å². The van der Waals surface area contributed by atoms with E-state index in [-0.39, 0.29) is 24.4 Å². The van der Waals surface area contributed by atoms with E-state index in [1.165, 1.54) is 0 Å². The van der Waals surface area contributed by atoms with Crippen LogP contribution in [0, 0.1) is 0 Å². The largest absolute Gasteiger partial charge is 0.456 e. The first kappa shape index (κ1) is 23.1. The first-order valence-corrected chi connectivity index (χ1v) is 13.0. The van der Waals surface area contributed by atoms with Gasteiger partial charge in [-0.2, -0.15) is 0 Å². The Hall–Kier alpha value is -3.65. The summed E-state index contributed by atoms with van der Waals surface area (Å²) in [4.78, 5) is 28.3. The van der Waals surface area contributed by atoms with E-state index in [9.17, 15) is 13.8 Å². The van der Waals surface area contributed by atoms with E-state index in [2.05, 4.69) is 0 Å². The van der Waals surface area contributed by atoms with Crippen LogP contribution in [-0.4, -0.2) is 57.9 Å². The summed E-state index contributed by atoms with van der Waals surface area (Å²) >= 11 is 0. The molecule has 5 rings (SSSR count). The third-order valence-corrected chi connectivity index (χ3v) is 7.37. The molecule has 2 heterocycles. The standard InChI is InChI=1S/C27H26N2O5S/c30-26(28-12-14-29(15-13-28)27(31)33-17-20-6-2-1-3-7-20)19-35(32)18-21-10-11-25-23(16-21)22-8-4-5-9-24(22)34-25/h1-11,16H,12-15,17-19H2. The summed E-state index contributed by atoms with van der Waals surface area (Å²) in [7, 11) is -1.34. The van der Waals surface area contributed by atoms with Crippen LogP contribution in [0.2, 0.25) is 0 Å². The lowest BCUT2D eigenvalue weighted by molar-refractivity contribution is -0.130. The van der Waals surface area contributed by atoms with Gasteiger partial charge in [-0.3, -0.25) is 9.00 Å². The van der Waals surface area contributed by atoms with E-state index < -0.39 is 10.8 Å². The molecule has 4 aromatic rings. The Morgan fingerprint density at radius 1 is 0.800 bits per heavy atom. The number of fused-ring (bicyclic) bond motifs is 3. The van der Waals surface area contributed by atoms with Crippen molar-refractivity contribution in [2.75, 3.05) is 31.9 Å². The van der Waals surface area contributed by atoms with Crippen LogP contribution in [0.15, 0.2) is 77.2 Å². The van der Waals surface area contributed by atoms with E-state index >= 15 is 0 Å². The lowest BCUT2D eigenvalue weighted by Crippen LogP contribution is -2.51. The van der Waals surface area contributed by atoms with Gasteiger partial charge >= 0.3 is 6.09 Å². The van der Waals surface area contributed by atoms with Crippen molar-refractivity contribution >= 4 is 44.7 Å². The zero-order valence-electron chi connectivity index (χ0n) is 19.2. The lowest BCUT2D eigenvalue weighted by atomic mass is 10.1. The van der Waals surface area contributed by atoms with Crippen molar-refractivity contribution in [2.45, 2.75) is 12.4 Å². The molecule has 0 spiro atoms. The first-order valence-electron chi connectivity index (χ1n) is 11.6. The molecule has 0 N–H and O–H groups in total. The van der Waals surface area contributed by atoms with Crippen molar-refractivity contribution in [1.82, 2.24) is 9.80 Å². The van der Waals surface area contributed by atoms with Crippen LogP contribution in [0.5, 0.6) is 0 Å². The van der Waals surface area contributed by atoms with Gasteiger partial charge in [-0.15, -0.1) is 0 Å². The number of para-hydroxylation sites is 1. The monoisotopic (exact) mass is 490 g/mol. The quantitative estimate of drug-likeness (QED) is 0.402. The van der Waals surface area contributed by atoms with E-state index in [0.717, 1.165) is 33.1 Å². The van der Waals surface area contributed by atoms with Crippen LogP contribution in [0.3, 0.4) is 0 Å². The van der Waals surface area contributed by atoms with Crippen LogP contribution >= 0.6 is 0 Å². The summed E-state index contributed by atoms with van der Waals surface area (Å²) in [5.74, 6) is 0.103. The zero-order valence-corrected chi connectivity index (χ0v) is 20.0. The highest BCUT2D eigenvalue weighted by Crippen LogP contribution is 2.29. The van der Waals surface area contributed by atoms with Crippen LogP contribution in [-0.2, 0) is 32.7 Å². The summed E-state index contributed by atoms with van der Waals surface area (Å²) in [6, 6.07) is 23.1. The number of hydrogen-bond donors (Lipinski definition) is 0. The summed E-state index contributed by atoms with van der Waals surface area (Å²) in [6.45, 7) is 1.83. The molecule has 1 saturated heterocycles. The molecule has 8 heteroatoms. The van der Waals surface area contributed by atoms with Crippen molar-refractivity contribution in [2.24, 2.45) is 0 Å². The molecular weight excluding hydrogens is 464 g/mol. The molecule has 1 aliphatic rings. The maximum absolute atomic E-state index is 12.8. The maximum Gasteiger partial charge on any atom is 0.410 e. The molecule has 180 valence electrons. The van der Waals surface area contributed by atoms with E-state index in [1.807, 2.05) is 72.8 Å². The number of rotatable bonds is 6. The Balaban J connectivity index is 1.11. The number of piperazine rings is 1. The van der Waals surface area contributed by atoms with Gasteiger partial charge in [0, 0.05) is 53.5 Å². The van der Waals surface area contributed by atoms with Crippen LogP contribution in [0.1, 0.15) is 11.1 Å². The summed E-state index contributed by atoms with van der Waals surface area (Å²) < 4.78 is 24.0. The molecule has 1 aromatic heterocycles. The summed E-state index contributed by atoms with van der Waals surface area (Å²) in [5, 5.41) is 2.00. The fraction of sp³-hybridized carbons (Fsp3) is 0.259. The Labute approximate surface area is 205 Å². The second kappa shape index (κ2) is 10.3. The molecule has 1 fully saturated rings. The topological polar surface area (TPSA) is 80.1 Å². The molecule has 1 aliphatic heterocycles. The Morgan fingerprint density at radius 3 is 2.29 bits per heavy atom. The van der Waals surface area contributed by atoms with Crippen LogP contribution in [0.4, 0.5) is 4.79 Å². The second-order valence-electron chi connectivity index (χ2n) is 8.57. The third kappa shape index (κ3) is 5.38. The van der Waals surface area contributed by atoms with Gasteiger partial charge in [0.1, 0.15) is 23.5 Å². The number of ether oxygens (including phenoxy) is 1. The van der Waals surface area contributed by atoms with Crippen molar-refractivity contribution in [3.05, 3.63) is 83.9 Å². The van der Waals surface area contributed by atoms with Gasteiger partial charge in [-0.1, -0.05) is 54.6 Å². The smallest absolute Gasteiger partial charge is 0.410 e. The van der Waals surface area contributed by atoms with Crippen molar-refractivity contribution in [1.29, 1.82) is 0 Å². The predicted molar refractivity (Wildman–Crippen MR) is 135 cm³/mol. The number of benzene rings is 3. The van der Waals surface area contributed by atoms with Gasteiger partial charge in [0.2, 0.25) is 5.91 Å². The Morgan fingerprint density at radius 2 is 1.49 bits per heavy atom. The summed E-state index contributed by atoms with van der Waals surface area (Å²) in [6.07, 6.45) is -0.383. The molecule has 7 nitrogen and oxygen atoms in total. The number of furan rings is 1. The molecule has 2 amide bonds. The molecule has 0 aliphatic carbocycles. The Bertz CT molecular complexity index is 1380. The Kier molecular flexibility index (Phi) is 6.81. The number of hydrogen-bond acceptors (Lipinski definition) is 5. The first-order chi connectivity index (χ1) is 17.1. The maximum atomic E-state index is 12.8. The molecule has 1 unspecified atom stereocenters. The fourth-order valence-corrected chi connectivity index (χ4v) is 5.39. The minimum atomic E-state index is -1.34. The zero-order chi connectivity index (χ0) is 24.2. The van der Waals surface area contributed by atoms with Crippen molar-refractivity contribution < 1.29 is 23.0 Å². The van der Waals surface area contributed by atoms with Crippen LogP contribution < -0.4 is 0 Å². The molecule has 3 aromatic carbocycles. The third-order valence-electron chi connectivity index (χ3n) is 6.15. The summed E-state index contributed by atoms with van der Waals surface area (Å²) in [5.41, 5.74) is 3.44. The van der Waals surface area contributed by atoms with E-state index in [1.54, 1.807) is 9.80 Å². The molecule has 1 atom stereocenters. The van der Waals surface area contributed by atoms with Crippen molar-refractivity contribution in [3.63, 3.8) is 0 Å². The molecule has 0 radical (unpaired) electrons. The number of carbonyl (C=O) groups excluding carboxylic acids is 2. The normalized spacial score (nSPS) is 14.9. The highest BCUT2D eigenvalue weighted by molar-refractivity contribution is 7.84. The van der Waals surface area contributed by atoms with Crippen molar-refractivity contribution in [3.8, 4) is 0 Å². The van der Waals surface area contributed by atoms with Gasteiger partial charge in [-0.05, 0) is 29.3 Å². The van der Waals surface area contributed by atoms with E-state index in [4.69, 9.17) is 9.15 Å². The number of amides is 2. The van der Waals surface area contributed by atoms with E-state index in [0.29, 0.717) is 31.9 Å². The average molecular weight is 491 g/mol. The second-order valence-corrected chi connectivity index (χ2v) is 10.0. The van der Waals surface area contributed by atoms with Gasteiger partial charge in [0.15, 0.2) is 0 Å². The highest BCUT2D eigenvalue weighted by atomic mass is 32.2. The predicted octanol–water partition coefficient (Wildman–Crippen LogP) is 4.32. The SMILES string of the molecule is O=C(CS(=O)Cc1ccc2oc3ccccc3c2c1)N1CCN(C(=O)OCc2ccccc2)CC1. The van der Waals surface area contributed by atoms with Gasteiger partial charge in [0.25, 0.3) is 0 Å². The van der Waals surface area contributed by atoms with Gasteiger partial charge in [0.05, 0.1) is 0 Å². The molecule has 0 saturated carbocycles. The number of carbonyl (C=O) groups is 2. The highest BCUT2D eigenvalue weighted by Gasteiger charge is 2.26. The van der Waals surface area contributed by atoms with Crippen LogP contribution in [0.25, 0.3) is 21.9 Å². The molecule has 0 bridgehead atoms. The number of nitrogens with zero attached hydrogens (tertiary/aromatic N) is 2. The minimum Gasteiger partial charge on any atom is -0.456 e.